The zero-order chi connectivity index (χ0) is 14.8. The van der Waals surface area contributed by atoms with Crippen LogP contribution in [-0.4, -0.2) is 30.0 Å². The Morgan fingerprint density at radius 1 is 1.48 bits per heavy atom. The molecule has 6 heteroatoms. The van der Waals surface area contributed by atoms with E-state index in [0.29, 0.717) is 23.2 Å². The van der Waals surface area contributed by atoms with Gasteiger partial charge in [0.05, 0.1) is 5.69 Å². The Kier molecular flexibility index (Phi) is 4.07. The maximum absolute atomic E-state index is 12.2. The number of aromatic nitrogens is 1. The lowest BCUT2D eigenvalue weighted by Gasteiger charge is -2.05. The van der Waals surface area contributed by atoms with E-state index in [-0.39, 0.29) is 5.91 Å². The Labute approximate surface area is 127 Å². The average molecular weight is 304 g/mol. The zero-order valence-electron chi connectivity index (χ0n) is 12.1. The van der Waals surface area contributed by atoms with Crippen molar-refractivity contribution < 1.29 is 4.79 Å². The van der Waals surface area contributed by atoms with Crippen molar-refractivity contribution in [2.24, 2.45) is 0 Å². The normalized spacial score (nSPS) is 14.5. The summed E-state index contributed by atoms with van der Waals surface area (Å²) in [6, 6.07) is 2.63. The molecule has 0 saturated heterocycles. The molecule has 1 saturated carbocycles. The van der Waals surface area contributed by atoms with E-state index in [1.807, 2.05) is 13.0 Å². The minimum atomic E-state index is -0.0960. The largest absolute Gasteiger partial charge is 0.397 e. The predicted molar refractivity (Wildman–Crippen MR) is 86.7 cm³/mol. The molecule has 0 bridgehead atoms. The number of fused-ring (bicyclic) bond motifs is 1. The highest BCUT2D eigenvalue weighted by molar-refractivity contribution is 7.21. The van der Waals surface area contributed by atoms with Crippen LogP contribution in [0.1, 0.15) is 34.5 Å². The summed E-state index contributed by atoms with van der Waals surface area (Å²) in [5.74, 6) is -0.0960. The number of nitrogens with zero attached hydrogens (tertiary/aromatic N) is 1. The number of aryl methyl sites for hydroxylation is 1. The van der Waals surface area contributed by atoms with E-state index in [9.17, 15) is 4.79 Å². The summed E-state index contributed by atoms with van der Waals surface area (Å²) in [6.07, 6.45) is 5.26. The van der Waals surface area contributed by atoms with Crippen LogP contribution in [0.5, 0.6) is 0 Å². The van der Waals surface area contributed by atoms with E-state index in [4.69, 9.17) is 5.73 Å². The third kappa shape index (κ3) is 3.16. The van der Waals surface area contributed by atoms with Crippen molar-refractivity contribution in [2.45, 2.75) is 32.2 Å². The van der Waals surface area contributed by atoms with Gasteiger partial charge in [-0.2, -0.15) is 0 Å². The standard InChI is InChI=1S/C15H20N4OS/c1-9-5-8-19-15-11(9)12(16)13(21-15)14(20)18-7-2-6-17-10-3-4-10/h5,8,10,17H,2-4,6-7,16H2,1H3,(H,18,20). The molecule has 1 fully saturated rings. The van der Waals surface area contributed by atoms with Gasteiger partial charge in [0.25, 0.3) is 5.91 Å². The first kappa shape index (κ1) is 14.3. The van der Waals surface area contributed by atoms with Crippen molar-refractivity contribution in [1.29, 1.82) is 0 Å². The highest BCUT2D eigenvalue weighted by Gasteiger charge is 2.20. The lowest BCUT2D eigenvalue weighted by molar-refractivity contribution is 0.0958. The van der Waals surface area contributed by atoms with Crippen molar-refractivity contribution in [3.8, 4) is 0 Å². The maximum atomic E-state index is 12.2. The number of nitrogens with one attached hydrogen (secondary N) is 2. The van der Waals surface area contributed by atoms with Crippen molar-refractivity contribution >= 4 is 33.1 Å². The average Bonchev–Trinajstić information content (AvgIpc) is 3.22. The molecule has 0 atom stereocenters. The van der Waals surface area contributed by atoms with Crippen LogP contribution in [0.4, 0.5) is 5.69 Å². The van der Waals surface area contributed by atoms with Gasteiger partial charge in [0, 0.05) is 24.2 Å². The van der Waals surface area contributed by atoms with Crippen LogP contribution in [0, 0.1) is 6.92 Å². The van der Waals surface area contributed by atoms with E-state index >= 15 is 0 Å². The predicted octanol–water partition coefficient (Wildman–Crippen LogP) is 2.06. The molecule has 2 aromatic rings. The molecule has 1 aliphatic rings. The zero-order valence-corrected chi connectivity index (χ0v) is 12.9. The third-order valence-electron chi connectivity index (χ3n) is 3.69. The highest BCUT2D eigenvalue weighted by atomic mass is 32.1. The molecule has 0 radical (unpaired) electrons. The van der Waals surface area contributed by atoms with E-state index in [1.54, 1.807) is 6.20 Å². The van der Waals surface area contributed by atoms with Crippen LogP contribution in [-0.2, 0) is 0 Å². The van der Waals surface area contributed by atoms with Gasteiger partial charge in [-0.3, -0.25) is 4.79 Å². The Morgan fingerprint density at radius 3 is 3.00 bits per heavy atom. The maximum Gasteiger partial charge on any atom is 0.263 e. The number of rotatable bonds is 6. The number of hydrogen-bond donors (Lipinski definition) is 3. The summed E-state index contributed by atoms with van der Waals surface area (Å²) in [6.45, 7) is 3.60. The van der Waals surface area contributed by atoms with Gasteiger partial charge in [0.1, 0.15) is 9.71 Å². The molecule has 3 rings (SSSR count). The Hall–Kier alpha value is -1.66. The number of amides is 1. The van der Waals surface area contributed by atoms with Gasteiger partial charge in [0.15, 0.2) is 0 Å². The number of anilines is 1. The Morgan fingerprint density at radius 2 is 2.29 bits per heavy atom. The quantitative estimate of drug-likeness (QED) is 0.714. The summed E-state index contributed by atoms with van der Waals surface area (Å²) >= 11 is 1.36. The minimum absolute atomic E-state index is 0.0960. The first-order valence-electron chi connectivity index (χ1n) is 7.32. The van der Waals surface area contributed by atoms with E-state index in [2.05, 4.69) is 15.6 Å². The van der Waals surface area contributed by atoms with Crippen LogP contribution < -0.4 is 16.4 Å². The fourth-order valence-corrected chi connectivity index (χ4v) is 3.39. The van der Waals surface area contributed by atoms with Gasteiger partial charge >= 0.3 is 0 Å². The second-order valence-electron chi connectivity index (χ2n) is 5.49. The topological polar surface area (TPSA) is 80.0 Å². The molecular formula is C15H20N4OS. The van der Waals surface area contributed by atoms with Gasteiger partial charge in [-0.25, -0.2) is 4.98 Å². The van der Waals surface area contributed by atoms with Crippen LogP contribution in [0.25, 0.3) is 10.2 Å². The molecule has 2 heterocycles. The Bertz CT molecular complexity index is 663. The molecule has 1 amide bonds. The van der Waals surface area contributed by atoms with Gasteiger partial charge in [-0.1, -0.05) is 0 Å². The lowest BCUT2D eigenvalue weighted by atomic mass is 10.2. The van der Waals surface area contributed by atoms with Crippen LogP contribution >= 0.6 is 11.3 Å². The smallest absolute Gasteiger partial charge is 0.263 e. The number of thiophene rings is 1. The number of nitrogen functional groups attached to an aromatic ring is 1. The van der Waals surface area contributed by atoms with Gasteiger partial charge in [-0.05, 0) is 44.4 Å². The highest BCUT2D eigenvalue weighted by Crippen LogP contribution is 2.34. The molecule has 2 aromatic heterocycles. The second kappa shape index (κ2) is 5.99. The fraction of sp³-hybridized carbons (Fsp3) is 0.467. The summed E-state index contributed by atoms with van der Waals surface area (Å²) in [4.78, 5) is 17.9. The van der Waals surface area contributed by atoms with Crippen LogP contribution in [0.2, 0.25) is 0 Å². The molecule has 0 aromatic carbocycles. The van der Waals surface area contributed by atoms with Crippen LogP contribution in [0.3, 0.4) is 0 Å². The number of nitrogens with two attached hydrogens (primary N) is 1. The van der Waals surface area contributed by atoms with Crippen molar-refractivity contribution in [2.75, 3.05) is 18.8 Å². The number of carbonyl (C=O) groups is 1. The van der Waals surface area contributed by atoms with Gasteiger partial charge in [0.2, 0.25) is 0 Å². The van der Waals surface area contributed by atoms with Crippen molar-refractivity contribution in [1.82, 2.24) is 15.6 Å². The monoisotopic (exact) mass is 304 g/mol. The summed E-state index contributed by atoms with van der Waals surface area (Å²) in [7, 11) is 0. The molecule has 21 heavy (non-hydrogen) atoms. The summed E-state index contributed by atoms with van der Waals surface area (Å²) in [5.41, 5.74) is 7.72. The first-order chi connectivity index (χ1) is 10.2. The molecule has 5 nitrogen and oxygen atoms in total. The lowest BCUT2D eigenvalue weighted by Crippen LogP contribution is -2.27. The SMILES string of the molecule is Cc1ccnc2sc(C(=O)NCCCNC3CC3)c(N)c12. The second-order valence-corrected chi connectivity index (χ2v) is 6.49. The first-order valence-corrected chi connectivity index (χ1v) is 8.13. The fourth-order valence-electron chi connectivity index (χ4n) is 2.34. The van der Waals surface area contributed by atoms with E-state index < -0.39 is 0 Å². The minimum Gasteiger partial charge on any atom is -0.397 e. The molecule has 0 spiro atoms. The summed E-state index contributed by atoms with van der Waals surface area (Å²) in [5, 5.41) is 7.27. The van der Waals surface area contributed by atoms with E-state index in [1.165, 1.54) is 24.2 Å². The number of carbonyl (C=O) groups excluding carboxylic acids is 1. The van der Waals surface area contributed by atoms with Gasteiger partial charge in [-0.15, -0.1) is 11.3 Å². The van der Waals surface area contributed by atoms with E-state index in [0.717, 1.165) is 28.7 Å². The molecule has 0 aliphatic heterocycles. The third-order valence-corrected chi connectivity index (χ3v) is 4.81. The molecular weight excluding hydrogens is 284 g/mol. The van der Waals surface area contributed by atoms with Crippen LogP contribution in [0.15, 0.2) is 12.3 Å². The summed E-state index contributed by atoms with van der Waals surface area (Å²) < 4.78 is 0. The molecule has 4 N–H and O–H groups in total. The van der Waals surface area contributed by atoms with Crippen molar-refractivity contribution in [3.05, 3.63) is 22.7 Å². The van der Waals surface area contributed by atoms with Gasteiger partial charge < -0.3 is 16.4 Å². The molecule has 0 unspecified atom stereocenters. The number of pyridine rings is 1. The Balaban J connectivity index is 1.61. The van der Waals surface area contributed by atoms with Crippen molar-refractivity contribution in [3.63, 3.8) is 0 Å². The molecule has 1 aliphatic carbocycles. The number of hydrogen-bond acceptors (Lipinski definition) is 5. The molecule has 112 valence electrons.